The van der Waals surface area contributed by atoms with Gasteiger partial charge in [0.2, 0.25) is 0 Å². The molecule has 84 valence electrons. The van der Waals surface area contributed by atoms with Gasteiger partial charge in [-0.05, 0) is 34.4 Å². The predicted molar refractivity (Wildman–Crippen MR) is 54.1 cm³/mol. The van der Waals surface area contributed by atoms with Gasteiger partial charge in [-0.2, -0.15) is 0 Å². The van der Waals surface area contributed by atoms with E-state index >= 15 is 0 Å². The maximum atomic E-state index is 9.96. The minimum Gasteiger partial charge on any atom is -0.386 e. The number of likely N-dealkylation sites (N-methyl/N-ethyl adjacent to an activating group) is 1. The molecular formula is C10H21NO3. The van der Waals surface area contributed by atoms with Crippen LogP contribution >= 0.6 is 0 Å². The summed E-state index contributed by atoms with van der Waals surface area (Å²) in [7, 11) is 3.93. The van der Waals surface area contributed by atoms with E-state index in [1.807, 2.05) is 32.8 Å². The topological polar surface area (TPSA) is 41.9 Å². The Morgan fingerprint density at radius 3 is 2.64 bits per heavy atom. The van der Waals surface area contributed by atoms with Crippen LogP contribution in [0.25, 0.3) is 0 Å². The van der Waals surface area contributed by atoms with Gasteiger partial charge >= 0.3 is 0 Å². The van der Waals surface area contributed by atoms with E-state index in [0.29, 0.717) is 6.61 Å². The lowest BCUT2D eigenvalue weighted by molar-refractivity contribution is -0.250. The van der Waals surface area contributed by atoms with Crippen molar-refractivity contribution in [2.24, 2.45) is 0 Å². The molecule has 0 bridgehead atoms. The molecule has 1 fully saturated rings. The van der Waals surface area contributed by atoms with Gasteiger partial charge in [-0.3, -0.25) is 0 Å². The average molecular weight is 203 g/mol. The Kier molecular flexibility index (Phi) is 4.31. The molecule has 0 radical (unpaired) electrons. The zero-order valence-corrected chi connectivity index (χ0v) is 9.43. The van der Waals surface area contributed by atoms with Crippen LogP contribution in [0.3, 0.4) is 0 Å². The maximum absolute atomic E-state index is 9.96. The predicted octanol–water partition coefficient (Wildman–Crippen LogP) is 0.449. The summed E-state index contributed by atoms with van der Waals surface area (Å²) in [4.78, 5) is 2.02. The minimum absolute atomic E-state index is 0.121. The van der Waals surface area contributed by atoms with Crippen LogP contribution < -0.4 is 0 Å². The third kappa shape index (κ3) is 2.67. The number of aliphatic hydroxyl groups excluding tert-OH is 1. The molecule has 2 unspecified atom stereocenters. The summed E-state index contributed by atoms with van der Waals surface area (Å²) in [6, 6.07) is 0.121. The summed E-state index contributed by atoms with van der Waals surface area (Å²) < 4.78 is 10.9. The van der Waals surface area contributed by atoms with Crippen LogP contribution in [-0.2, 0) is 9.47 Å². The first-order valence-corrected chi connectivity index (χ1v) is 5.17. The van der Waals surface area contributed by atoms with Crippen molar-refractivity contribution < 1.29 is 14.6 Å². The highest BCUT2D eigenvalue weighted by Crippen LogP contribution is 2.23. The van der Waals surface area contributed by atoms with Gasteiger partial charge in [-0.15, -0.1) is 0 Å². The minimum atomic E-state index is -0.554. The number of nitrogens with zero attached hydrogens (tertiary/aromatic N) is 1. The molecule has 1 aliphatic heterocycles. The van der Waals surface area contributed by atoms with E-state index in [-0.39, 0.29) is 12.1 Å². The van der Waals surface area contributed by atoms with Crippen LogP contribution in [0.2, 0.25) is 0 Å². The summed E-state index contributed by atoms with van der Waals surface area (Å²) in [5.74, 6) is 0. The van der Waals surface area contributed by atoms with Crippen molar-refractivity contribution in [3.8, 4) is 0 Å². The normalized spacial score (nSPS) is 39.0. The average Bonchev–Trinajstić information content (AvgIpc) is 2.10. The molecule has 4 nitrogen and oxygen atoms in total. The van der Waals surface area contributed by atoms with Gasteiger partial charge in [0.1, 0.15) is 6.10 Å². The van der Waals surface area contributed by atoms with E-state index in [2.05, 4.69) is 0 Å². The monoisotopic (exact) mass is 203 g/mol. The molecule has 0 spiro atoms. The third-order valence-electron chi connectivity index (χ3n) is 2.61. The number of rotatable bonds is 3. The van der Waals surface area contributed by atoms with E-state index in [0.717, 1.165) is 6.42 Å². The van der Waals surface area contributed by atoms with Crippen molar-refractivity contribution in [2.75, 3.05) is 20.7 Å². The van der Waals surface area contributed by atoms with Gasteiger partial charge in [0.25, 0.3) is 0 Å². The largest absolute Gasteiger partial charge is 0.386 e. The van der Waals surface area contributed by atoms with Crippen molar-refractivity contribution >= 4 is 0 Å². The molecule has 4 atom stereocenters. The lowest BCUT2D eigenvalue weighted by atomic mass is 9.99. The molecule has 0 aromatic carbocycles. The molecule has 1 N–H and O–H groups in total. The van der Waals surface area contributed by atoms with E-state index in [1.165, 1.54) is 0 Å². The molecule has 4 heteroatoms. The lowest BCUT2D eigenvalue weighted by Gasteiger charge is -2.40. The van der Waals surface area contributed by atoms with Gasteiger partial charge < -0.3 is 19.5 Å². The highest BCUT2D eigenvalue weighted by Gasteiger charge is 2.37. The van der Waals surface area contributed by atoms with Gasteiger partial charge in [0.15, 0.2) is 6.29 Å². The van der Waals surface area contributed by atoms with E-state index in [1.54, 1.807) is 0 Å². The number of hydrogen-bond acceptors (Lipinski definition) is 4. The summed E-state index contributed by atoms with van der Waals surface area (Å²) in [5, 5.41) is 9.96. The Balaban J connectivity index is 2.60. The van der Waals surface area contributed by atoms with Crippen LogP contribution in [0.5, 0.6) is 0 Å². The molecule has 1 heterocycles. The fourth-order valence-corrected chi connectivity index (χ4v) is 1.84. The first kappa shape index (κ1) is 11.9. The van der Waals surface area contributed by atoms with E-state index in [9.17, 15) is 5.11 Å². The highest BCUT2D eigenvalue weighted by molar-refractivity contribution is 4.85. The van der Waals surface area contributed by atoms with Crippen molar-refractivity contribution in [1.29, 1.82) is 0 Å². The van der Waals surface area contributed by atoms with Gasteiger partial charge in [0, 0.05) is 12.6 Å². The Hall–Kier alpha value is -0.160. The molecule has 0 aromatic heterocycles. The first-order chi connectivity index (χ1) is 6.56. The van der Waals surface area contributed by atoms with Crippen molar-refractivity contribution in [3.63, 3.8) is 0 Å². The second-order valence-electron chi connectivity index (χ2n) is 4.03. The highest BCUT2D eigenvalue weighted by atomic mass is 16.7. The van der Waals surface area contributed by atoms with Gasteiger partial charge in [-0.1, -0.05) is 0 Å². The standard InChI is InChI=1S/C10H21NO3/c1-5-13-10-9(12)8(11(3)4)6-7(2)14-10/h7-10,12H,5-6H2,1-4H3/t7-,8?,9?,10-/m1/s1. The first-order valence-electron chi connectivity index (χ1n) is 5.17. The van der Waals surface area contributed by atoms with Crippen molar-refractivity contribution in [2.45, 2.75) is 44.8 Å². The van der Waals surface area contributed by atoms with Gasteiger partial charge in [-0.25, -0.2) is 0 Å². The molecule has 0 amide bonds. The molecule has 0 saturated carbocycles. The smallest absolute Gasteiger partial charge is 0.185 e. The fourth-order valence-electron chi connectivity index (χ4n) is 1.84. The summed E-state index contributed by atoms with van der Waals surface area (Å²) in [5.41, 5.74) is 0. The Labute approximate surface area is 85.8 Å². The SMILES string of the molecule is CCO[C@@H]1O[C@H](C)CC(N(C)C)C1O. The lowest BCUT2D eigenvalue weighted by Crippen LogP contribution is -2.54. The quantitative estimate of drug-likeness (QED) is 0.723. The summed E-state index contributed by atoms with van der Waals surface area (Å²) in [6.07, 6.45) is -0.0442. The molecule has 1 saturated heterocycles. The zero-order chi connectivity index (χ0) is 10.7. The van der Waals surface area contributed by atoms with Crippen LogP contribution in [0.1, 0.15) is 20.3 Å². The van der Waals surface area contributed by atoms with Crippen molar-refractivity contribution in [3.05, 3.63) is 0 Å². The summed E-state index contributed by atoms with van der Waals surface area (Å²) in [6.45, 7) is 4.48. The molecule has 0 aliphatic carbocycles. The van der Waals surface area contributed by atoms with Crippen molar-refractivity contribution in [1.82, 2.24) is 4.90 Å². The molecule has 1 rings (SSSR count). The molecular weight excluding hydrogens is 182 g/mol. The van der Waals surface area contributed by atoms with Gasteiger partial charge in [0.05, 0.1) is 6.10 Å². The van der Waals surface area contributed by atoms with Crippen LogP contribution in [-0.4, -0.2) is 55.2 Å². The second kappa shape index (κ2) is 5.07. The summed E-state index contributed by atoms with van der Waals surface area (Å²) >= 11 is 0. The molecule has 1 aliphatic rings. The van der Waals surface area contributed by atoms with E-state index < -0.39 is 12.4 Å². The third-order valence-corrected chi connectivity index (χ3v) is 2.61. The number of aliphatic hydroxyl groups is 1. The van der Waals surface area contributed by atoms with Crippen LogP contribution in [0, 0.1) is 0 Å². The Morgan fingerprint density at radius 2 is 2.14 bits per heavy atom. The zero-order valence-electron chi connectivity index (χ0n) is 9.43. The number of hydrogen-bond donors (Lipinski definition) is 1. The molecule has 14 heavy (non-hydrogen) atoms. The maximum Gasteiger partial charge on any atom is 0.185 e. The molecule has 0 aromatic rings. The fraction of sp³-hybridized carbons (Fsp3) is 1.00. The van der Waals surface area contributed by atoms with Crippen LogP contribution in [0.4, 0.5) is 0 Å². The number of ether oxygens (including phenoxy) is 2. The van der Waals surface area contributed by atoms with Crippen LogP contribution in [0.15, 0.2) is 0 Å². The second-order valence-corrected chi connectivity index (χ2v) is 4.03. The van der Waals surface area contributed by atoms with E-state index in [4.69, 9.17) is 9.47 Å². The Bertz CT molecular complexity index is 175. The Morgan fingerprint density at radius 1 is 1.50 bits per heavy atom.